The molecule has 0 aliphatic heterocycles. The minimum absolute atomic E-state index is 0.0346. The summed E-state index contributed by atoms with van der Waals surface area (Å²) in [5.74, 6) is 0.182. The molecule has 1 unspecified atom stereocenters. The Morgan fingerprint density at radius 2 is 2.06 bits per heavy atom. The van der Waals surface area contributed by atoms with Crippen LogP contribution in [0.2, 0.25) is 5.02 Å². The number of methoxy groups -OCH3 is 1. The minimum atomic E-state index is -4.44. The predicted molar refractivity (Wildman–Crippen MR) is 53.6 cm³/mol. The molecule has 2 nitrogen and oxygen atoms in total. The van der Waals surface area contributed by atoms with Crippen LogP contribution in [0.5, 0.6) is 5.75 Å². The van der Waals surface area contributed by atoms with Crippen molar-refractivity contribution in [1.29, 1.82) is 0 Å². The van der Waals surface area contributed by atoms with E-state index in [-0.39, 0.29) is 16.3 Å². The maximum Gasteiger partial charge on any atom is 0.391 e. The molecule has 16 heavy (non-hydrogen) atoms. The van der Waals surface area contributed by atoms with E-state index in [9.17, 15) is 18.3 Å². The zero-order chi connectivity index (χ0) is 12.3. The van der Waals surface area contributed by atoms with E-state index in [4.69, 9.17) is 16.3 Å². The molecule has 0 radical (unpaired) electrons. The maximum atomic E-state index is 12.1. The molecule has 1 N–H and O–H groups in total. The molecule has 0 amide bonds. The van der Waals surface area contributed by atoms with Crippen molar-refractivity contribution >= 4 is 11.6 Å². The lowest BCUT2D eigenvalue weighted by Crippen LogP contribution is -2.14. The van der Waals surface area contributed by atoms with Crippen LogP contribution in [0.25, 0.3) is 0 Å². The normalized spacial score (nSPS) is 13.6. The predicted octanol–water partition coefficient (Wildman–Crippen LogP) is 3.33. The van der Waals surface area contributed by atoms with Crippen molar-refractivity contribution in [3.8, 4) is 5.75 Å². The number of aliphatic hydroxyl groups excluding tert-OH is 1. The third-order valence-corrected chi connectivity index (χ3v) is 2.21. The topological polar surface area (TPSA) is 29.5 Å². The number of hydrogen-bond acceptors (Lipinski definition) is 2. The van der Waals surface area contributed by atoms with E-state index < -0.39 is 18.7 Å². The van der Waals surface area contributed by atoms with E-state index in [1.165, 1.54) is 25.3 Å². The van der Waals surface area contributed by atoms with Crippen LogP contribution in [0.3, 0.4) is 0 Å². The smallest absolute Gasteiger partial charge is 0.391 e. The molecule has 1 rings (SSSR count). The van der Waals surface area contributed by atoms with Gasteiger partial charge < -0.3 is 9.84 Å². The second-order valence-corrected chi connectivity index (χ2v) is 3.66. The Morgan fingerprint density at radius 3 is 2.56 bits per heavy atom. The van der Waals surface area contributed by atoms with Crippen molar-refractivity contribution in [2.75, 3.05) is 7.11 Å². The van der Waals surface area contributed by atoms with Crippen molar-refractivity contribution in [2.24, 2.45) is 0 Å². The molecule has 1 aromatic carbocycles. The van der Waals surface area contributed by atoms with Crippen LogP contribution < -0.4 is 4.74 Å². The summed E-state index contributed by atoms with van der Waals surface area (Å²) in [5.41, 5.74) is 0.0346. The van der Waals surface area contributed by atoms with Crippen LogP contribution in [0.15, 0.2) is 18.2 Å². The lowest BCUT2D eigenvalue weighted by molar-refractivity contribution is -0.154. The van der Waals surface area contributed by atoms with Gasteiger partial charge in [-0.25, -0.2) is 0 Å². The lowest BCUT2D eigenvalue weighted by atomic mass is 10.1. The number of hydrogen-bond donors (Lipinski definition) is 1. The fourth-order valence-corrected chi connectivity index (χ4v) is 1.48. The molecule has 0 spiro atoms. The van der Waals surface area contributed by atoms with Crippen LogP contribution in [-0.2, 0) is 0 Å². The van der Waals surface area contributed by atoms with Gasteiger partial charge in [0.2, 0.25) is 0 Å². The highest BCUT2D eigenvalue weighted by molar-refractivity contribution is 6.30. The Balaban J connectivity index is 2.97. The molecule has 0 heterocycles. The van der Waals surface area contributed by atoms with Gasteiger partial charge in [-0.05, 0) is 18.2 Å². The molecule has 1 aromatic rings. The maximum absolute atomic E-state index is 12.1. The van der Waals surface area contributed by atoms with Crippen LogP contribution in [0.4, 0.5) is 13.2 Å². The first kappa shape index (κ1) is 13.1. The Morgan fingerprint density at radius 1 is 1.44 bits per heavy atom. The van der Waals surface area contributed by atoms with E-state index >= 15 is 0 Å². The molecule has 0 saturated heterocycles. The first-order valence-electron chi connectivity index (χ1n) is 4.42. The van der Waals surface area contributed by atoms with Crippen molar-refractivity contribution in [2.45, 2.75) is 18.7 Å². The van der Waals surface area contributed by atoms with Gasteiger partial charge >= 0.3 is 6.18 Å². The summed E-state index contributed by atoms with van der Waals surface area (Å²) in [5, 5.41) is 9.68. The zero-order valence-electron chi connectivity index (χ0n) is 8.38. The molecule has 0 bridgehead atoms. The van der Waals surface area contributed by atoms with Crippen LogP contribution in [-0.4, -0.2) is 18.4 Å². The fourth-order valence-electron chi connectivity index (χ4n) is 1.29. The molecule has 90 valence electrons. The summed E-state index contributed by atoms with van der Waals surface area (Å²) in [4.78, 5) is 0. The zero-order valence-corrected chi connectivity index (χ0v) is 9.14. The van der Waals surface area contributed by atoms with Gasteiger partial charge in [0.1, 0.15) is 5.75 Å². The summed E-state index contributed by atoms with van der Waals surface area (Å²) in [6.07, 6.45) is -7.44. The second kappa shape index (κ2) is 4.93. The largest absolute Gasteiger partial charge is 0.496 e. The van der Waals surface area contributed by atoms with Crippen molar-refractivity contribution in [3.05, 3.63) is 28.8 Å². The third-order valence-electron chi connectivity index (χ3n) is 1.98. The Hall–Kier alpha value is -0.940. The van der Waals surface area contributed by atoms with Gasteiger partial charge in [0.05, 0.1) is 19.6 Å². The lowest BCUT2D eigenvalue weighted by Gasteiger charge is -2.16. The van der Waals surface area contributed by atoms with E-state index in [0.29, 0.717) is 0 Å². The number of benzene rings is 1. The summed E-state index contributed by atoms with van der Waals surface area (Å²) >= 11 is 5.64. The van der Waals surface area contributed by atoms with E-state index in [1.54, 1.807) is 0 Å². The molecule has 1 atom stereocenters. The monoisotopic (exact) mass is 254 g/mol. The van der Waals surface area contributed by atoms with E-state index in [1.807, 2.05) is 0 Å². The average molecular weight is 255 g/mol. The first-order chi connectivity index (χ1) is 7.33. The van der Waals surface area contributed by atoms with Crippen molar-refractivity contribution in [3.63, 3.8) is 0 Å². The van der Waals surface area contributed by atoms with Gasteiger partial charge in [0, 0.05) is 10.6 Å². The van der Waals surface area contributed by atoms with Crippen molar-refractivity contribution in [1.82, 2.24) is 0 Å². The Kier molecular flexibility index (Phi) is 4.04. The molecule has 0 aromatic heterocycles. The number of ether oxygens (including phenoxy) is 1. The Bertz CT molecular complexity index is 366. The molecule has 0 aliphatic carbocycles. The molecular weight excluding hydrogens is 245 g/mol. The highest BCUT2D eigenvalue weighted by Gasteiger charge is 2.32. The van der Waals surface area contributed by atoms with Crippen LogP contribution >= 0.6 is 11.6 Å². The fraction of sp³-hybridized carbons (Fsp3) is 0.400. The summed E-state index contributed by atoms with van der Waals surface area (Å²) in [6, 6.07) is 4.15. The average Bonchev–Trinajstić information content (AvgIpc) is 2.15. The van der Waals surface area contributed by atoms with Gasteiger partial charge in [-0.2, -0.15) is 13.2 Å². The minimum Gasteiger partial charge on any atom is -0.496 e. The summed E-state index contributed by atoms with van der Waals surface area (Å²) in [7, 11) is 1.31. The summed E-state index contributed by atoms with van der Waals surface area (Å²) < 4.78 is 41.1. The number of rotatable bonds is 3. The molecule has 0 fully saturated rings. The molecule has 0 saturated carbocycles. The van der Waals surface area contributed by atoms with E-state index in [0.717, 1.165) is 0 Å². The second-order valence-electron chi connectivity index (χ2n) is 3.22. The first-order valence-corrected chi connectivity index (χ1v) is 4.79. The highest BCUT2D eigenvalue weighted by atomic mass is 35.5. The van der Waals surface area contributed by atoms with Gasteiger partial charge in [0.15, 0.2) is 0 Å². The molecular formula is C10H10ClF3O2. The van der Waals surface area contributed by atoms with Gasteiger partial charge in [-0.15, -0.1) is 0 Å². The number of halogens is 4. The quantitative estimate of drug-likeness (QED) is 0.896. The van der Waals surface area contributed by atoms with Gasteiger partial charge in [-0.3, -0.25) is 0 Å². The molecule has 0 aliphatic rings. The Labute approximate surface area is 95.6 Å². The number of aliphatic hydroxyl groups is 1. The highest BCUT2D eigenvalue weighted by Crippen LogP contribution is 2.35. The van der Waals surface area contributed by atoms with Gasteiger partial charge in [-0.1, -0.05) is 11.6 Å². The van der Waals surface area contributed by atoms with Gasteiger partial charge in [0.25, 0.3) is 0 Å². The standard InChI is InChI=1S/C10H10ClF3O2/c1-16-9-3-2-6(11)4-7(9)8(15)5-10(12,13)14/h2-4,8,15H,5H2,1H3. The SMILES string of the molecule is COc1ccc(Cl)cc1C(O)CC(F)(F)F. The number of alkyl halides is 3. The third kappa shape index (κ3) is 3.57. The van der Waals surface area contributed by atoms with Crippen LogP contribution in [0, 0.1) is 0 Å². The van der Waals surface area contributed by atoms with Crippen molar-refractivity contribution < 1.29 is 23.0 Å². The van der Waals surface area contributed by atoms with Crippen LogP contribution in [0.1, 0.15) is 18.1 Å². The summed E-state index contributed by atoms with van der Waals surface area (Å²) in [6.45, 7) is 0. The van der Waals surface area contributed by atoms with E-state index in [2.05, 4.69) is 0 Å². The molecule has 6 heteroatoms.